The summed E-state index contributed by atoms with van der Waals surface area (Å²) in [5.41, 5.74) is 0.705. The van der Waals surface area contributed by atoms with Crippen molar-refractivity contribution in [1.29, 1.82) is 0 Å². The molecule has 0 unspecified atom stereocenters. The maximum atomic E-state index is 12.1. The first-order valence-electron chi connectivity index (χ1n) is 6.47. The van der Waals surface area contributed by atoms with Crippen LogP contribution in [-0.4, -0.2) is 5.78 Å². The van der Waals surface area contributed by atoms with Crippen molar-refractivity contribution in [2.75, 3.05) is 0 Å². The first-order valence-corrected chi connectivity index (χ1v) is 7.73. The molecule has 0 saturated carbocycles. The minimum absolute atomic E-state index is 0.0499. The highest BCUT2D eigenvalue weighted by molar-refractivity contribution is 7.09. The van der Waals surface area contributed by atoms with Gasteiger partial charge in [0.25, 0.3) is 0 Å². The normalized spacial score (nSPS) is 11.1. The standard InChI is InChI=1S/C16H13ClO2S/c17-12-6-7-15-11(9-12)10-16(19-15)14(18)5-1-3-13-4-2-8-20-13/h2,4,6-10H,1,3,5H2. The van der Waals surface area contributed by atoms with Crippen LogP contribution in [0.2, 0.25) is 5.02 Å². The Labute approximate surface area is 126 Å². The van der Waals surface area contributed by atoms with Crippen LogP contribution < -0.4 is 0 Å². The van der Waals surface area contributed by atoms with E-state index in [0.717, 1.165) is 18.2 Å². The number of halogens is 1. The number of Topliss-reactive ketones (excluding diaryl/α,β-unsaturated/α-hetero) is 1. The van der Waals surface area contributed by atoms with Gasteiger partial charge in [-0.15, -0.1) is 11.3 Å². The summed E-state index contributed by atoms with van der Waals surface area (Å²) in [6, 6.07) is 11.3. The Kier molecular flexibility index (Phi) is 3.90. The maximum Gasteiger partial charge on any atom is 0.198 e. The largest absolute Gasteiger partial charge is 0.453 e. The number of fused-ring (bicyclic) bond motifs is 1. The van der Waals surface area contributed by atoms with E-state index in [9.17, 15) is 4.79 Å². The fraction of sp³-hybridized carbons (Fsp3) is 0.188. The van der Waals surface area contributed by atoms with Gasteiger partial charge in [0.1, 0.15) is 5.58 Å². The van der Waals surface area contributed by atoms with Gasteiger partial charge in [-0.25, -0.2) is 0 Å². The Balaban J connectivity index is 1.66. The lowest BCUT2D eigenvalue weighted by Crippen LogP contribution is -1.97. The lowest BCUT2D eigenvalue weighted by molar-refractivity contribution is 0.0955. The molecule has 0 aliphatic rings. The first-order chi connectivity index (χ1) is 9.72. The second-order valence-electron chi connectivity index (χ2n) is 4.65. The van der Waals surface area contributed by atoms with E-state index >= 15 is 0 Å². The van der Waals surface area contributed by atoms with Gasteiger partial charge < -0.3 is 4.42 Å². The summed E-state index contributed by atoms with van der Waals surface area (Å²) in [5, 5.41) is 3.58. The molecule has 0 aliphatic heterocycles. The third-order valence-electron chi connectivity index (χ3n) is 3.16. The van der Waals surface area contributed by atoms with Gasteiger partial charge in [-0.3, -0.25) is 4.79 Å². The smallest absolute Gasteiger partial charge is 0.198 e. The van der Waals surface area contributed by atoms with E-state index in [2.05, 4.69) is 11.4 Å². The van der Waals surface area contributed by atoms with Crippen molar-refractivity contribution in [3.8, 4) is 0 Å². The molecule has 2 nitrogen and oxygen atoms in total. The molecule has 3 rings (SSSR count). The minimum atomic E-state index is 0.0499. The van der Waals surface area contributed by atoms with Gasteiger partial charge in [-0.1, -0.05) is 17.7 Å². The summed E-state index contributed by atoms with van der Waals surface area (Å²) >= 11 is 7.65. The van der Waals surface area contributed by atoms with Gasteiger partial charge in [-0.2, -0.15) is 0 Å². The second-order valence-corrected chi connectivity index (χ2v) is 6.12. The topological polar surface area (TPSA) is 30.2 Å². The molecule has 20 heavy (non-hydrogen) atoms. The molecule has 0 radical (unpaired) electrons. The molecule has 0 amide bonds. The molecule has 3 aromatic rings. The van der Waals surface area contributed by atoms with Gasteiger partial charge in [0.15, 0.2) is 11.5 Å². The van der Waals surface area contributed by atoms with Crippen LogP contribution in [0.4, 0.5) is 0 Å². The predicted octanol–water partition coefficient (Wildman–Crippen LogP) is 5.35. The summed E-state index contributed by atoms with van der Waals surface area (Å²) in [5.74, 6) is 0.474. The van der Waals surface area contributed by atoms with Gasteiger partial charge in [-0.05, 0) is 48.6 Å². The van der Waals surface area contributed by atoms with Crippen LogP contribution in [0, 0.1) is 0 Å². The number of carbonyl (C=O) groups excluding carboxylic acids is 1. The van der Waals surface area contributed by atoms with E-state index in [1.54, 1.807) is 29.5 Å². The van der Waals surface area contributed by atoms with E-state index in [0.29, 0.717) is 22.8 Å². The van der Waals surface area contributed by atoms with E-state index in [4.69, 9.17) is 16.0 Å². The highest BCUT2D eigenvalue weighted by atomic mass is 35.5. The third kappa shape index (κ3) is 2.94. The predicted molar refractivity (Wildman–Crippen MR) is 82.8 cm³/mol. The van der Waals surface area contributed by atoms with Crippen molar-refractivity contribution >= 4 is 39.7 Å². The number of ketones is 1. The number of rotatable bonds is 5. The summed E-state index contributed by atoms with van der Waals surface area (Å²) in [4.78, 5) is 13.4. The van der Waals surface area contributed by atoms with Crippen LogP contribution in [0.5, 0.6) is 0 Å². The average Bonchev–Trinajstić information content (AvgIpc) is 3.06. The van der Waals surface area contributed by atoms with Crippen molar-refractivity contribution in [3.63, 3.8) is 0 Å². The van der Waals surface area contributed by atoms with Gasteiger partial charge >= 0.3 is 0 Å². The van der Waals surface area contributed by atoms with Crippen LogP contribution >= 0.6 is 22.9 Å². The van der Waals surface area contributed by atoms with Crippen molar-refractivity contribution in [1.82, 2.24) is 0 Å². The summed E-state index contributed by atoms with van der Waals surface area (Å²) in [6.45, 7) is 0. The van der Waals surface area contributed by atoms with Crippen molar-refractivity contribution < 1.29 is 9.21 Å². The quantitative estimate of drug-likeness (QED) is 0.594. The number of carbonyl (C=O) groups is 1. The lowest BCUT2D eigenvalue weighted by Gasteiger charge is -1.96. The number of furan rings is 1. The Morgan fingerprint density at radius 3 is 2.95 bits per heavy atom. The summed E-state index contributed by atoms with van der Waals surface area (Å²) < 4.78 is 5.57. The molecule has 102 valence electrons. The summed E-state index contributed by atoms with van der Waals surface area (Å²) in [7, 11) is 0. The number of hydrogen-bond donors (Lipinski definition) is 0. The van der Waals surface area contributed by atoms with Crippen molar-refractivity contribution in [2.24, 2.45) is 0 Å². The molecule has 0 N–H and O–H groups in total. The number of aryl methyl sites for hydroxylation is 1. The molecule has 2 heterocycles. The Morgan fingerprint density at radius 2 is 2.15 bits per heavy atom. The molecule has 0 aliphatic carbocycles. The molecule has 0 saturated heterocycles. The highest BCUT2D eigenvalue weighted by Crippen LogP contribution is 2.24. The Bertz CT molecular complexity index is 728. The number of benzene rings is 1. The first kappa shape index (κ1) is 13.4. The van der Waals surface area contributed by atoms with Crippen LogP contribution in [0.3, 0.4) is 0 Å². The minimum Gasteiger partial charge on any atom is -0.453 e. The Morgan fingerprint density at radius 1 is 1.25 bits per heavy atom. The molecule has 0 bridgehead atoms. The Hall–Kier alpha value is -1.58. The molecular formula is C16H13ClO2S. The SMILES string of the molecule is O=C(CCCc1cccs1)c1cc2cc(Cl)ccc2o1. The number of thiophene rings is 1. The molecule has 4 heteroatoms. The highest BCUT2D eigenvalue weighted by Gasteiger charge is 2.12. The van der Waals surface area contributed by atoms with E-state index in [-0.39, 0.29) is 5.78 Å². The fourth-order valence-corrected chi connectivity index (χ4v) is 3.08. The van der Waals surface area contributed by atoms with Gasteiger partial charge in [0.2, 0.25) is 0 Å². The molecule has 0 atom stereocenters. The molecule has 1 aromatic carbocycles. The monoisotopic (exact) mass is 304 g/mol. The second kappa shape index (κ2) is 5.81. The maximum absolute atomic E-state index is 12.1. The van der Waals surface area contributed by atoms with Crippen molar-refractivity contribution in [3.05, 3.63) is 57.4 Å². The summed E-state index contributed by atoms with van der Waals surface area (Å²) in [6.07, 6.45) is 2.29. The van der Waals surface area contributed by atoms with Gasteiger partial charge in [0, 0.05) is 21.7 Å². The van der Waals surface area contributed by atoms with Crippen molar-refractivity contribution in [2.45, 2.75) is 19.3 Å². The average molecular weight is 305 g/mol. The lowest BCUT2D eigenvalue weighted by atomic mass is 10.1. The van der Waals surface area contributed by atoms with Crippen LogP contribution in [0.25, 0.3) is 11.0 Å². The number of hydrogen-bond acceptors (Lipinski definition) is 3. The molecular weight excluding hydrogens is 292 g/mol. The molecule has 0 fully saturated rings. The van der Waals surface area contributed by atoms with Crippen LogP contribution in [0.1, 0.15) is 28.3 Å². The third-order valence-corrected chi connectivity index (χ3v) is 4.33. The van der Waals surface area contributed by atoms with E-state index < -0.39 is 0 Å². The molecule has 2 aromatic heterocycles. The fourth-order valence-electron chi connectivity index (χ4n) is 2.15. The van der Waals surface area contributed by atoms with Crippen LogP contribution in [-0.2, 0) is 6.42 Å². The zero-order valence-corrected chi connectivity index (χ0v) is 12.3. The molecule has 0 spiro atoms. The zero-order valence-electron chi connectivity index (χ0n) is 10.8. The van der Waals surface area contributed by atoms with E-state index in [1.165, 1.54) is 4.88 Å². The van der Waals surface area contributed by atoms with Gasteiger partial charge in [0.05, 0.1) is 0 Å². The zero-order chi connectivity index (χ0) is 13.9. The van der Waals surface area contributed by atoms with Crippen LogP contribution in [0.15, 0.2) is 46.2 Å². The van der Waals surface area contributed by atoms with E-state index in [1.807, 2.05) is 12.1 Å².